The Kier molecular flexibility index (Phi) is 7.75. The van der Waals surface area contributed by atoms with Gasteiger partial charge in [-0.2, -0.15) is 0 Å². The molecule has 0 spiro atoms. The second kappa shape index (κ2) is 13.8. The van der Waals surface area contributed by atoms with E-state index in [2.05, 4.69) is 231 Å². The minimum atomic E-state index is -3.16. The van der Waals surface area contributed by atoms with Gasteiger partial charge in [-0.15, -0.1) is 11.3 Å². The number of para-hydroxylation sites is 4. The molecule has 1 atom stereocenters. The molecule has 5 heteroatoms. The van der Waals surface area contributed by atoms with Gasteiger partial charge in [-0.25, -0.2) is 0 Å². The average molecular weight is 904 g/mol. The molecule has 4 heterocycles. The van der Waals surface area contributed by atoms with Gasteiger partial charge in [-0.3, -0.25) is 0 Å². The summed E-state index contributed by atoms with van der Waals surface area (Å²) in [6.45, 7) is 4.74. The van der Waals surface area contributed by atoms with Crippen molar-refractivity contribution < 1.29 is 9.15 Å². The summed E-state index contributed by atoms with van der Waals surface area (Å²) in [5.74, 6) is 1.83. The molecule has 13 aromatic rings. The van der Waals surface area contributed by atoms with Crippen molar-refractivity contribution in [2.24, 2.45) is 0 Å². The third-order valence-corrected chi connectivity index (χ3v) is 21.3. The highest BCUT2D eigenvalue weighted by molar-refractivity contribution is 7.25. The van der Waals surface area contributed by atoms with Gasteiger partial charge in [0, 0.05) is 47.1 Å². The molecule has 3 aromatic heterocycles. The van der Waals surface area contributed by atoms with Crippen LogP contribution in [-0.4, -0.2) is 12.6 Å². The van der Waals surface area contributed by atoms with Crippen LogP contribution in [0.4, 0.5) is 0 Å². The summed E-state index contributed by atoms with van der Waals surface area (Å²) in [5, 5.41) is 12.4. The smallest absolute Gasteiger partial charge is 0.188 e. The van der Waals surface area contributed by atoms with Crippen molar-refractivity contribution in [1.29, 1.82) is 0 Å². The van der Waals surface area contributed by atoms with Crippen LogP contribution in [0.15, 0.2) is 217 Å². The number of furan rings is 1. The Labute approximate surface area is 397 Å². The van der Waals surface area contributed by atoms with Gasteiger partial charge in [0.15, 0.2) is 13.7 Å². The Morgan fingerprint density at radius 1 is 0.441 bits per heavy atom. The first-order valence-corrected chi connectivity index (χ1v) is 26.3. The molecular formula is C63H41NO2SSi. The van der Waals surface area contributed by atoms with Crippen molar-refractivity contribution in [3.8, 4) is 39.4 Å². The van der Waals surface area contributed by atoms with Crippen LogP contribution < -0.4 is 25.5 Å². The molecule has 1 unspecified atom stereocenters. The van der Waals surface area contributed by atoms with Gasteiger partial charge in [0.05, 0.1) is 16.7 Å². The van der Waals surface area contributed by atoms with E-state index in [0.717, 1.165) is 55.7 Å². The fourth-order valence-electron chi connectivity index (χ4n) is 12.2. The lowest BCUT2D eigenvalue weighted by atomic mass is 9.82. The monoisotopic (exact) mass is 903 g/mol. The first kappa shape index (κ1) is 38.2. The first-order chi connectivity index (χ1) is 33.4. The predicted octanol–water partition coefficient (Wildman–Crippen LogP) is 14.5. The van der Waals surface area contributed by atoms with Crippen LogP contribution in [0.2, 0.25) is 0 Å². The number of thiophene rings is 1. The van der Waals surface area contributed by atoms with Crippen molar-refractivity contribution in [3.63, 3.8) is 0 Å². The lowest BCUT2D eigenvalue weighted by Gasteiger charge is -2.40. The zero-order valence-electron chi connectivity index (χ0n) is 37.4. The van der Waals surface area contributed by atoms with E-state index in [0.29, 0.717) is 0 Å². The van der Waals surface area contributed by atoms with E-state index in [-0.39, 0.29) is 5.41 Å². The molecular weight excluding hydrogens is 863 g/mol. The molecule has 0 fully saturated rings. The molecule has 320 valence electrons. The summed E-state index contributed by atoms with van der Waals surface area (Å²) < 4.78 is 19.1. The second-order valence-electron chi connectivity index (χ2n) is 19.1. The maximum Gasteiger partial charge on any atom is 0.188 e. The first-order valence-electron chi connectivity index (χ1n) is 23.5. The van der Waals surface area contributed by atoms with Gasteiger partial charge in [-0.1, -0.05) is 178 Å². The minimum absolute atomic E-state index is 0.113. The van der Waals surface area contributed by atoms with Crippen molar-refractivity contribution in [3.05, 3.63) is 223 Å². The summed E-state index contributed by atoms with van der Waals surface area (Å²) in [6, 6.07) is 78.9. The second-order valence-corrected chi connectivity index (χ2v) is 24.0. The predicted molar refractivity (Wildman–Crippen MR) is 288 cm³/mol. The maximum absolute atomic E-state index is 7.14. The van der Waals surface area contributed by atoms with E-state index in [1.54, 1.807) is 0 Å². The Bertz CT molecular complexity index is 4250. The van der Waals surface area contributed by atoms with Crippen LogP contribution in [0.5, 0.6) is 11.5 Å². The van der Waals surface area contributed by atoms with Crippen molar-refractivity contribution >= 4 is 104 Å². The Morgan fingerprint density at radius 3 is 1.96 bits per heavy atom. The summed E-state index contributed by atoms with van der Waals surface area (Å²) >= 11 is 1.86. The van der Waals surface area contributed by atoms with Crippen molar-refractivity contribution in [1.82, 2.24) is 4.57 Å². The minimum Gasteiger partial charge on any atom is -0.458 e. The van der Waals surface area contributed by atoms with Gasteiger partial charge in [0.1, 0.15) is 17.1 Å². The van der Waals surface area contributed by atoms with Crippen molar-refractivity contribution in [2.45, 2.75) is 19.3 Å². The number of benzene rings is 10. The zero-order valence-corrected chi connectivity index (χ0v) is 39.2. The van der Waals surface area contributed by atoms with Crippen LogP contribution >= 0.6 is 11.3 Å². The van der Waals surface area contributed by atoms with E-state index >= 15 is 0 Å². The fourth-order valence-corrected chi connectivity index (χ4v) is 18.3. The highest BCUT2D eigenvalue weighted by Gasteiger charge is 2.49. The molecule has 0 amide bonds. The van der Waals surface area contributed by atoms with Crippen molar-refractivity contribution in [2.75, 3.05) is 0 Å². The number of nitrogens with zero attached hydrogens (tertiary/aromatic N) is 1. The molecule has 2 aliphatic rings. The van der Waals surface area contributed by atoms with Crippen LogP contribution in [0, 0.1) is 0 Å². The third kappa shape index (κ3) is 5.07. The quantitative estimate of drug-likeness (QED) is 0.165. The molecule has 1 aliphatic heterocycles. The normalized spacial score (nSPS) is 15.8. The third-order valence-electron chi connectivity index (χ3n) is 15.4. The lowest BCUT2D eigenvalue weighted by Crippen LogP contribution is -2.76. The number of rotatable bonds is 4. The van der Waals surface area contributed by atoms with Gasteiger partial charge < -0.3 is 13.7 Å². The van der Waals surface area contributed by atoms with Gasteiger partial charge in [-0.05, 0) is 103 Å². The SMILES string of the molecule is CC1(C)c2ccccc2-c2cc([Si]3(c4ccc5oc6c(-n7c8ccccc8c8ccccc87)cccc6c5c4)c4ccccc4Oc4cc(-c5ccc6c(c5)sc5ccccc56)ccc43)ccc21. The van der Waals surface area contributed by atoms with E-state index < -0.39 is 8.07 Å². The van der Waals surface area contributed by atoms with Gasteiger partial charge >= 0.3 is 0 Å². The van der Waals surface area contributed by atoms with Crippen LogP contribution in [0.1, 0.15) is 25.0 Å². The molecule has 1 aliphatic carbocycles. The Hall–Kier alpha value is -7.96. The average Bonchev–Trinajstić information content (AvgIpc) is 4.11. The highest BCUT2D eigenvalue weighted by Crippen LogP contribution is 2.49. The van der Waals surface area contributed by atoms with Crippen LogP contribution in [0.25, 0.3) is 91.9 Å². The molecule has 0 N–H and O–H groups in total. The number of fused-ring (bicyclic) bond motifs is 14. The van der Waals surface area contributed by atoms with Crippen LogP contribution in [0.3, 0.4) is 0 Å². The summed E-state index contributed by atoms with van der Waals surface area (Å²) in [7, 11) is -3.16. The van der Waals surface area contributed by atoms with E-state index in [9.17, 15) is 0 Å². The van der Waals surface area contributed by atoms with E-state index in [1.165, 1.54) is 79.5 Å². The molecule has 3 nitrogen and oxygen atoms in total. The molecule has 10 aromatic carbocycles. The summed E-state index contributed by atoms with van der Waals surface area (Å²) in [6.07, 6.45) is 0. The number of hydrogen-bond acceptors (Lipinski definition) is 3. The number of hydrogen-bond donors (Lipinski definition) is 0. The zero-order chi connectivity index (χ0) is 44.9. The largest absolute Gasteiger partial charge is 0.458 e. The van der Waals surface area contributed by atoms with Crippen LogP contribution in [-0.2, 0) is 5.41 Å². The Morgan fingerprint density at radius 2 is 1.09 bits per heavy atom. The molecule has 15 rings (SSSR count). The molecule has 0 saturated heterocycles. The Balaban J connectivity index is 0.995. The molecule has 0 radical (unpaired) electrons. The highest BCUT2D eigenvalue weighted by atomic mass is 32.1. The lowest BCUT2D eigenvalue weighted by molar-refractivity contribution is 0.487. The van der Waals surface area contributed by atoms with E-state index in [4.69, 9.17) is 9.15 Å². The summed E-state index contributed by atoms with van der Waals surface area (Å²) in [5.41, 5.74) is 12.7. The van der Waals surface area contributed by atoms with E-state index in [1.807, 2.05) is 11.3 Å². The van der Waals surface area contributed by atoms with Gasteiger partial charge in [0.2, 0.25) is 0 Å². The molecule has 0 saturated carbocycles. The standard InChI is InChI=1S/C63H41NO2SSi/c1-63(2)50-19-7-3-14-42(50)48-36-40(28-31-51(48)63)68(41-29-32-55-49(37-41)47-18-13-22-54(62(47)66-55)64-52-20-8-4-15-43(52)44-16-5-9-21-53(44)64)60-25-12-10-23-56(60)65-57-34-38(27-33-61(57)68)39-26-30-46-45-17-6-11-24-58(45)67-59(46)35-39/h3-37H,1-2H3. The molecule has 0 bridgehead atoms. The fraction of sp³-hybridized carbons (Fsp3) is 0.0476. The molecule has 68 heavy (non-hydrogen) atoms. The van der Waals surface area contributed by atoms with Gasteiger partial charge in [0.25, 0.3) is 0 Å². The number of ether oxygens (including phenoxy) is 1. The topological polar surface area (TPSA) is 27.3 Å². The summed E-state index contributed by atoms with van der Waals surface area (Å²) in [4.78, 5) is 0. The number of aromatic nitrogens is 1. The maximum atomic E-state index is 7.14.